The van der Waals surface area contributed by atoms with Crippen molar-refractivity contribution < 1.29 is 0 Å². The molecule has 6 heteroatoms. The van der Waals surface area contributed by atoms with Gasteiger partial charge in [-0.25, -0.2) is 4.98 Å². The number of nitrogens with zero attached hydrogens (tertiary/aromatic N) is 3. The van der Waals surface area contributed by atoms with Crippen LogP contribution in [0.3, 0.4) is 0 Å². The molecule has 1 atom stereocenters. The van der Waals surface area contributed by atoms with Crippen LogP contribution in [0.4, 0.5) is 5.95 Å². The Morgan fingerprint density at radius 3 is 2.85 bits per heavy atom. The minimum absolute atomic E-state index is 0.194. The second kappa shape index (κ2) is 3.67. The summed E-state index contributed by atoms with van der Waals surface area (Å²) in [5.41, 5.74) is 5.47. The molecule has 0 aliphatic carbocycles. The molecule has 4 nitrogen and oxygen atoms in total. The van der Waals surface area contributed by atoms with Crippen LogP contribution in [0.15, 0.2) is 0 Å². The Hall–Kier alpha value is -0.550. The SMILES string of the molecule is Nc1nc(Cl)nc(C2CCSC2)n1. The van der Waals surface area contributed by atoms with Crippen molar-refractivity contribution in [1.29, 1.82) is 0 Å². The number of thioether (sulfide) groups is 1. The third kappa shape index (κ3) is 2.03. The van der Waals surface area contributed by atoms with Crippen molar-refractivity contribution in [2.75, 3.05) is 17.2 Å². The molecule has 0 radical (unpaired) electrons. The highest BCUT2D eigenvalue weighted by Gasteiger charge is 2.21. The summed E-state index contributed by atoms with van der Waals surface area (Å²) >= 11 is 7.58. The van der Waals surface area contributed by atoms with Crippen LogP contribution in [0.5, 0.6) is 0 Å². The van der Waals surface area contributed by atoms with Crippen molar-refractivity contribution >= 4 is 29.3 Å². The van der Waals surface area contributed by atoms with Crippen LogP contribution in [0.2, 0.25) is 5.28 Å². The monoisotopic (exact) mass is 216 g/mol. The van der Waals surface area contributed by atoms with Crippen LogP contribution in [-0.4, -0.2) is 26.5 Å². The van der Waals surface area contributed by atoms with Gasteiger partial charge in [0, 0.05) is 11.7 Å². The van der Waals surface area contributed by atoms with E-state index in [1.165, 1.54) is 0 Å². The van der Waals surface area contributed by atoms with E-state index < -0.39 is 0 Å². The Labute approximate surface area is 85.3 Å². The molecule has 1 fully saturated rings. The first-order chi connectivity index (χ1) is 6.25. The molecule has 0 bridgehead atoms. The molecule has 0 spiro atoms. The van der Waals surface area contributed by atoms with Gasteiger partial charge < -0.3 is 5.73 Å². The lowest BCUT2D eigenvalue weighted by atomic mass is 10.1. The first kappa shape index (κ1) is 9.02. The summed E-state index contributed by atoms with van der Waals surface area (Å²) in [6.07, 6.45) is 1.10. The molecule has 70 valence electrons. The number of hydrogen-bond donors (Lipinski definition) is 1. The van der Waals surface area contributed by atoms with Gasteiger partial charge in [-0.05, 0) is 23.8 Å². The standard InChI is InChI=1S/C7H9ClN4S/c8-6-10-5(11-7(9)12-6)4-1-2-13-3-4/h4H,1-3H2,(H2,9,10,11,12). The first-order valence-electron chi connectivity index (χ1n) is 4.00. The molecule has 1 aliphatic rings. The topological polar surface area (TPSA) is 64.7 Å². The molecule has 1 aliphatic heterocycles. The van der Waals surface area contributed by atoms with E-state index in [-0.39, 0.29) is 11.2 Å². The maximum atomic E-state index is 5.68. The largest absolute Gasteiger partial charge is 0.368 e. The number of nitrogens with two attached hydrogens (primary N) is 1. The van der Waals surface area contributed by atoms with Crippen LogP contribution in [0, 0.1) is 0 Å². The van der Waals surface area contributed by atoms with Gasteiger partial charge in [-0.15, -0.1) is 0 Å². The van der Waals surface area contributed by atoms with Gasteiger partial charge in [0.2, 0.25) is 11.2 Å². The molecule has 1 saturated heterocycles. The summed E-state index contributed by atoms with van der Waals surface area (Å²) in [5, 5.41) is 0.194. The molecule has 2 heterocycles. The minimum atomic E-state index is 0.194. The molecule has 13 heavy (non-hydrogen) atoms. The van der Waals surface area contributed by atoms with Gasteiger partial charge in [0.05, 0.1) is 0 Å². The van der Waals surface area contributed by atoms with Gasteiger partial charge in [-0.1, -0.05) is 0 Å². The lowest BCUT2D eigenvalue weighted by Crippen LogP contribution is -2.07. The normalized spacial score (nSPS) is 22.1. The lowest BCUT2D eigenvalue weighted by molar-refractivity contribution is 0.710. The van der Waals surface area contributed by atoms with Crippen LogP contribution in [0.1, 0.15) is 18.2 Å². The second-order valence-corrected chi connectivity index (χ2v) is 4.37. The zero-order valence-corrected chi connectivity index (χ0v) is 8.48. The molecule has 1 unspecified atom stereocenters. The van der Waals surface area contributed by atoms with Crippen LogP contribution < -0.4 is 5.73 Å². The number of anilines is 1. The predicted molar refractivity (Wildman–Crippen MR) is 53.9 cm³/mol. The van der Waals surface area contributed by atoms with E-state index >= 15 is 0 Å². The van der Waals surface area contributed by atoms with Gasteiger partial charge in [0.25, 0.3) is 0 Å². The van der Waals surface area contributed by atoms with E-state index in [4.69, 9.17) is 17.3 Å². The zero-order valence-electron chi connectivity index (χ0n) is 6.90. The molecular formula is C7H9ClN4S. The average Bonchev–Trinajstić information content (AvgIpc) is 2.53. The van der Waals surface area contributed by atoms with Crippen molar-refractivity contribution in [2.24, 2.45) is 0 Å². The molecule has 0 amide bonds. The quantitative estimate of drug-likeness (QED) is 0.767. The summed E-state index contributed by atoms with van der Waals surface area (Å²) in [6.45, 7) is 0. The maximum Gasteiger partial charge on any atom is 0.227 e. The summed E-state index contributed by atoms with van der Waals surface area (Å²) < 4.78 is 0. The summed E-state index contributed by atoms with van der Waals surface area (Å²) in [6, 6.07) is 0. The van der Waals surface area contributed by atoms with Gasteiger partial charge >= 0.3 is 0 Å². The molecule has 2 N–H and O–H groups in total. The highest BCUT2D eigenvalue weighted by atomic mass is 35.5. The third-order valence-electron chi connectivity index (χ3n) is 1.94. The molecular weight excluding hydrogens is 208 g/mol. The van der Waals surface area contributed by atoms with Crippen molar-refractivity contribution in [2.45, 2.75) is 12.3 Å². The van der Waals surface area contributed by atoms with E-state index in [1.807, 2.05) is 11.8 Å². The van der Waals surface area contributed by atoms with Crippen LogP contribution >= 0.6 is 23.4 Å². The number of halogens is 1. The van der Waals surface area contributed by atoms with Crippen molar-refractivity contribution in [3.63, 3.8) is 0 Å². The Bertz CT molecular complexity index is 293. The highest BCUT2D eigenvalue weighted by molar-refractivity contribution is 7.99. The molecule has 1 aromatic heterocycles. The van der Waals surface area contributed by atoms with Gasteiger partial charge in [0.1, 0.15) is 5.82 Å². The Morgan fingerprint density at radius 1 is 1.38 bits per heavy atom. The van der Waals surface area contributed by atoms with Crippen molar-refractivity contribution in [3.8, 4) is 0 Å². The van der Waals surface area contributed by atoms with Gasteiger partial charge in [-0.2, -0.15) is 21.7 Å². The molecule has 1 aromatic rings. The third-order valence-corrected chi connectivity index (χ3v) is 3.27. The van der Waals surface area contributed by atoms with Crippen LogP contribution in [-0.2, 0) is 0 Å². The van der Waals surface area contributed by atoms with Crippen LogP contribution in [0.25, 0.3) is 0 Å². The van der Waals surface area contributed by atoms with E-state index in [2.05, 4.69) is 15.0 Å². The van der Waals surface area contributed by atoms with Gasteiger partial charge in [-0.3, -0.25) is 0 Å². The van der Waals surface area contributed by atoms with Crippen molar-refractivity contribution in [1.82, 2.24) is 15.0 Å². The zero-order chi connectivity index (χ0) is 9.26. The number of nitrogen functional groups attached to an aromatic ring is 1. The fourth-order valence-electron chi connectivity index (χ4n) is 1.30. The maximum absolute atomic E-state index is 5.68. The smallest absolute Gasteiger partial charge is 0.227 e. The fraction of sp³-hybridized carbons (Fsp3) is 0.571. The molecule has 2 rings (SSSR count). The summed E-state index contributed by atoms with van der Waals surface area (Å²) in [7, 11) is 0. The summed E-state index contributed by atoms with van der Waals surface area (Å²) in [4.78, 5) is 11.9. The Balaban J connectivity index is 2.28. The number of hydrogen-bond acceptors (Lipinski definition) is 5. The predicted octanol–water partition coefficient (Wildman–Crippen LogP) is 1.33. The number of rotatable bonds is 1. The van der Waals surface area contributed by atoms with Crippen molar-refractivity contribution in [3.05, 3.63) is 11.1 Å². The second-order valence-electron chi connectivity index (χ2n) is 2.88. The van der Waals surface area contributed by atoms with E-state index in [0.29, 0.717) is 5.92 Å². The van der Waals surface area contributed by atoms with E-state index in [1.54, 1.807) is 0 Å². The Morgan fingerprint density at radius 2 is 2.23 bits per heavy atom. The molecule has 0 aromatic carbocycles. The fourth-order valence-corrected chi connectivity index (χ4v) is 2.69. The highest BCUT2D eigenvalue weighted by Crippen LogP contribution is 2.30. The average molecular weight is 217 g/mol. The van der Waals surface area contributed by atoms with E-state index in [0.717, 1.165) is 23.8 Å². The lowest BCUT2D eigenvalue weighted by Gasteiger charge is -2.06. The minimum Gasteiger partial charge on any atom is -0.368 e. The van der Waals surface area contributed by atoms with E-state index in [9.17, 15) is 0 Å². The summed E-state index contributed by atoms with van der Waals surface area (Å²) in [5.74, 6) is 3.57. The van der Waals surface area contributed by atoms with Gasteiger partial charge in [0.15, 0.2) is 0 Å². The Kier molecular flexibility index (Phi) is 2.55. The number of aromatic nitrogens is 3. The first-order valence-corrected chi connectivity index (χ1v) is 5.53. The molecule has 0 saturated carbocycles.